The quantitative estimate of drug-likeness (QED) is 0.632. The number of hydrogen-bond acceptors (Lipinski definition) is 4. The first-order valence-corrected chi connectivity index (χ1v) is 7.07. The molecule has 114 valence electrons. The van der Waals surface area contributed by atoms with E-state index in [0.29, 0.717) is 33.8 Å². The van der Waals surface area contributed by atoms with E-state index < -0.39 is 0 Å². The minimum absolute atomic E-state index is 0.200. The van der Waals surface area contributed by atoms with Crippen LogP contribution >= 0.6 is 0 Å². The first kappa shape index (κ1) is 13.4. The number of ether oxygens (including phenoxy) is 2. The van der Waals surface area contributed by atoms with Gasteiger partial charge in [-0.25, -0.2) is 4.52 Å². The van der Waals surface area contributed by atoms with Crippen molar-refractivity contribution < 1.29 is 9.47 Å². The van der Waals surface area contributed by atoms with Crippen LogP contribution in [0.2, 0.25) is 0 Å². The smallest absolute Gasteiger partial charge is 0.259 e. The SMILES string of the molecule is COc1cc2c(cc1Oc1ccccc1)c(=O)[nH]c1ccnn12. The topological polar surface area (TPSA) is 68.6 Å². The van der Waals surface area contributed by atoms with Crippen molar-refractivity contribution in [2.45, 2.75) is 0 Å². The molecule has 0 radical (unpaired) electrons. The fourth-order valence-corrected chi connectivity index (χ4v) is 2.53. The Labute approximate surface area is 130 Å². The largest absolute Gasteiger partial charge is 0.493 e. The molecule has 6 heteroatoms. The Kier molecular flexibility index (Phi) is 3.01. The summed E-state index contributed by atoms with van der Waals surface area (Å²) in [6.07, 6.45) is 1.63. The molecule has 0 atom stereocenters. The van der Waals surface area contributed by atoms with E-state index in [1.54, 1.807) is 36.0 Å². The van der Waals surface area contributed by atoms with E-state index in [-0.39, 0.29) is 5.56 Å². The predicted octanol–water partition coefficient (Wildman–Crippen LogP) is 2.98. The maximum atomic E-state index is 12.3. The normalized spacial score (nSPS) is 11.0. The van der Waals surface area contributed by atoms with Crippen LogP contribution in [0.25, 0.3) is 16.6 Å². The van der Waals surface area contributed by atoms with Gasteiger partial charge in [-0.3, -0.25) is 4.79 Å². The fourth-order valence-electron chi connectivity index (χ4n) is 2.53. The van der Waals surface area contributed by atoms with Crippen LogP contribution in [0.3, 0.4) is 0 Å². The van der Waals surface area contributed by atoms with Crippen LogP contribution in [-0.2, 0) is 0 Å². The van der Waals surface area contributed by atoms with Crippen molar-refractivity contribution in [1.82, 2.24) is 14.6 Å². The van der Waals surface area contributed by atoms with E-state index in [1.165, 1.54) is 0 Å². The molecule has 0 saturated heterocycles. The Balaban J connectivity index is 1.96. The van der Waals surface area contributed by atoms with Gasteiger partial charge in [0.1, 0.15) is 11.4 Å². The Hall–Kier alpha value is -3.28. The van der Waals surface area contributed by atoms with Crippen molar-refractivity contribution in [3.8, 4) is 17.2 Å². The number of rotatable bonds is 3. The molecule has 23 heavy (non-hydrogen) atoms. The van der Waals surface area contributed by atoms with Gasteiger partial charge >= 0.3 is 0 Å². The summed E-state index contributed by atoms with van der Waals surface area (Å²) in [6.45, 7) is 0. The zero-order valence-corrected chi connectivity index (χ0v) is 12.3. The van der Waals surface area contributed by atoms with Gasteiger partial charge in [-0.2, -0.15) is 5.10 Å². The summed E-state index contributed by atoms with van der Waals surface area (Å²) in [5, 5.41) is 4.71. The number of hydrogen-bond donors (Lipinski definition) is 1. The first-order chi connectivity index (χ1) is 11.3. The highest BCUT2D eigenvalue weighted by Gasteiger charge is 2.13. The third-order valence-corrected chi connectivity index (χ3v) is 3.61. The second kappa shape index (κ2) is 5.17. The molecule has 4 aromatic rings. The van der Waals surface area contributed by atoms with Crippen LogP contribution < -0.4 is 15.0 Å². The molecule has 0 amide bonds. The summed E-state index contributed by atoms with van der Waals surface area (Å²) in [5.74, 6) is 1.67. The molecule has 4 rings (SSSR count). The summed E-state index contributed by atoms with van der Waals surface area (Å²) in [4.78, 5) is 15.1. The lowest BCUT2D eigenvalue weighted by atomic mass is 10.2. The highest BCUT2D eigenvalue weighted by molar-refractivity contribution is 5.84. The van der Waals surface area contributed by atoms with Crippen molar-refractivity contribution in [2.24, 2.45) is 0 Å². The maximum Gasteiger partial charge on any atom is 0.259 e. The number of benzene rings is 2. The standard InChI is InChI=1S/C17H13N3O3/c1-22-14-10-13-12(17(21)19-16-7-8-18-20(13)16)9-15(14)23-11-5-3-2-4-6-11/h2-10H,1H3,(H,19,21). The molecule has 0 aliphatic heterocycles. The molecular formula is C17H13N3O3. The highest BCUT2D eigenvalue weighted by atomic mass is 16.5. The number of aromatic nitrogens is 3. The third kappa shape index (κ3) is 2.20. The van der Waals surface area contributed by atoms with Crippen LogP contribution in [0, 0.1) is 0 Å². The van der Waals surface area contributed by atoms with Crippen molar-refractivity contribution in [1.29, 1.82) is 0 Å². The van der Waals surface area contributed by atoms with E-state index in [4.69, 9.17) is 9.47 Å². The molecule has 0 unspecified atom stereocenters. The third-order valence-electron chi connectivity index (χ3n) is 3.61. The summed E-state index contributed by atoms with van der Waals surface area (Å²) < 4.78 is 12.9. The van der Waals surface area contributed by atoms with Gasteiger partial charge < -0.3 is 14.5 Å². The fraction of sp³-hybridized carbons (Fsp3) is 0.0588. The molecule has 0 saturated carbocycles. The van der Waals surface area contributed by atoms with Crippen LogP contribution in [0.15, 0.2) is 59.5 Å². The molecule has 2 aromatic heterocycles. The number of nitrogens with zero attached hydrogens (tertiary/aromatic N) is 2. The van der Waals surface area contributed by atoms with Crippen molar-refractivity contribution in [3.63, 3.8) is 0 Å². The van der Waals surface area contributed by atoms with Gasteiger partial charge in [0.05, 0.1) is 24.2 Å². The van der Waals surface area contributed by atoms with E-state index in [9.17, 15) is 4.79 Å². The van der Waals surface area contributed by atoms with Gasteiger partial charge in [-0.1, -0.05) is 18.2 Å². The van der Waals surface area contributed by atoms with Crippen LogP contribution in [0.1, 0.15) is 0 Å². The monoisotopic (exact) mass is 307 g/mol. The van der Waals surface area contributed by atoms with Gasteiger partial charge in [0.25, 0.3) is 5.56 Å². The zero-order chi connectivity index (χ0) is 15.8. The van der Waals surface area contributed by atoms with E-state index >= 15 is 0 Å². The molecule has 6 nitrogen and oxygen atoms in total. The highest BCUT2D eigenvalue weighted by Crippen LogP contribution is 2.34. The van der Waals surface area contributed by atoms with E-state index in [1.807, 2.05) is 30.3 Å². The molecule has 0 aliphatic carbocycles. The minimum Gasteiger partial charge on any atom is -0.493 e. The Bertz CT molecular complexity index is 1050. The summed E-state index contributed by atoms with van der Waals surface area (Å²) in [7, 11) is 1.56. The lowest BCUT2D eigenvalue weighted by Gasteiger charge is -2.12. The molecule has 0 spiro atoms. The summed E-state index contributed by atoms with van der Waals surface area (Å²) in [6, 6.07) is 14.5. The number of H-pyrrole nitrogens is 1. The molecule has 0 fully saturated rings. The molecule has 0 bridgehead atoms. The van der Waals surface area contributed by atoms with E-state index in [0.717, 1.165) is 0 Å². The summed E-state index contributed by atoms with van der Waals surface area (Å²) in [5.41, 5.74) is 1.08. The average molecular weight is 307 g/mol. The Morgan fingerprint density at radius 3 is 2.70 bits per heavy atom. The van der Waals surface area contributed by atoms with Gasteiger partial charge in [-0.15, -0.1) is 0 Å². The molecular weight excluding hydrogens is 294 g/mol. The van der Waals surface area contributed by atoms with Crippen LogP contribution in [0.5, 0.6) is 17.2 Å². The zero-order valence-electron chi connectivity index (χ0n) is 12.3. The minimum atomic E-state index is -0.200. The number of fused-ring (bicyclic) bond motifs is 3. The predicted molar refractivity (Wildman–Crippen MR) is 86.4 cm³/mol. The lowest BCUT2D eigenvalue weighted by Crippen LogP contribution is -2.10. The van der Waals surface area contributed by atoms with Gasteiger partial charge in [0, 0.05) is 12.1 Å². The molecule has 2 aromatic carbocycles. The second-order valence-electron chi connectivity index (χ2n) is 5.02. The number of para-hydroxylation sites is 1. The average Bonchev–Trinajstić information content (AvgIpc) is 3.04. The number of methoxy groups -OCH3 is 1. The van der Waals surface area contributed by atoms with Gasteiger partial charge in [-0.05, 0) is 18.2 Å². The molecule has 0 aliphatic rings. The second-order valence-corrected chi connectivity index (χ2v) is 5.02. The molecule has 2 heterocycles. The van der Waals surface area contributed by atoms with E-state index in [2.05, 4.69) is 10.1 Å². The number of nitrogens with one attached hydrogen (secondary N) is 1. The van der Waals surface area contributed by atoms with Crippen molar-refractivity contribution >= 4 is 16.6 Å². The first-order valence-electron chi connectivity index (χ1n) is 7.07. The van der Waals surface area contributed by atoms with Crippen LogP contribution in [0.4, 0.5) is 0 Å². The molecule has 1 N–H and O–H groups in total. The number of aromatic amines is 1. The van der Waals surface area contributed by atoms with Crippen molar-refractivity contribution in [3.05, 3.63) is 65.1 Å². The van der Waals surface area contributed by atoms with Gasteiger partial charge in [0.15, 0.2) is 11.5 Å². The van der Waals surface area contributed by atoms with Gasteiger partial charge in [0.2, 0.25) is 0 Å². The lowest BCUT2D eigenvalue weighted by molar-refractivity contribution is 0.379. The van der Waals surface area contributed by atoms with Crippen LogP contribution in [-0.4, -0.2) is 21.7 Å². The maximum absolute atomic E-state index is 12.3. The Morgan fingerprint density at radius 2 is 1.91 bits per heavy atom. The summed E-state index contributed by atoms with van der Waals surface area (Å²) >= 11 is 0. The van der Waals surface area contributed by atoms with Crippen molar-refractivity contribution in [2.75, 3.05) is 7.11 Å². The Morgan fingerprint density at radius 1 is 1.09 bits per heavy atom.